The second-order valence-electron chi connectivity index (χ2n) is 3.47. The smallest absolute Gasteiger partial charge is 0.434 e. The molecule has 1 fully saturated rings. The molecule has 0 aliphatic carbocycles. The summed E-state index contributed by atoms with van der Waals surface area (Å²) in [5.41, 5.74) is -0.153. The molecular weight excluding hydrogens is 244 g/mol. The summed E-state index contributed by atoms with van der Waals surface area (Å²) < 4.78 is 26.9. The van der Waals surface area contributed by atoms with Crippen LogP contribution in [-0.4, -0.2) is 48.0 Å². The van der Waals surface area contributed by atoms with Gasteiger partial charge >= 0.3 is 15.0 Å². The molecule has 0 amide bonds. The van der Waals surface area contributed by atoms with Crippen LogP contribution < -0.4 is 0 Å². The van der Waals surface area contributed by atoms with Gasteiger partial charge < -0.3 is 22.8 Å². The van der Waals surface area contributed by atoms with E-state index in [1.165, 1.54) is 0 Å². The standard InChI is InChI=1S/C10H20O6Si/c1-4-14-17(15-5-2,16-6-3)9-7-12-10(11)13-8-9/h9H,4-8H2,1-3H3. The van der Waals surface area contributed by atoms with E-state index in [9.17, 15) is 4.79 Å². The number of cyclic esters (lactones) is 2. The minimum atomic E-state index is -2.83. The van der Waals surface area contributed by atoms with Gasteiger partial charge in [-0.2, -0.15) is 0 Å². The van der Waals surface area contributed by atoms with Gasteiger partial charge in [-0.15, -0.1) is 0 Å². The molecule has 0 unspecified atom stereocenters. The third-order valence-electron chi connectivity index (χ3n) is 2.34. The summed E-state index contributed by atoms with van der Waals surface area (Å²) in [6.07, 6.45) is -0.645. The lowest BCUT2D eigenvalue weighted by Gasteiger charge is -2.35. The predicted molar refractivity (Wildman–Crippen MR) is 61.7 cm³/mol. The average Bonchev–Trinajstić information content (AvgIpc) is 2.30. The molecule has 17 heavy (non-hydrogen) atoms. The van der Waals surface area contributed by atoms with E-state index in [0.717, 1.165) is 0 Å². The number of hydrogen-bond donors (Lipinski definition) is 0. The van der Waals surface area contributed by atoms with Gasteiger partial charge in [-0.1, -0.05) is 0 Å². The highest BCUT2D eigenvalue weighted by Crippen LogP contribution is 2.29. The van der Waals surface area contributed by atoms with E-state index in [1.54, 1.807) is 0 Å². The molecule has 1 aliphatic heterocycles. The van der Waals surface area contributed by atoms with Gasteiger partial charge in [0.05, 0.1) is 5.54 Å². The van der Waals surface area contributed by atoms with E-state index < -0.39 is 15.0 Å². The second kappa shape index (κ2) is 6.95. The highest BCUT2D eigenvalue weighted by Gasteiger charge is 2.52. The van der Waals surface area contributed by atoms with Gasteiger partial charge in [-0.25, -0.2) is 4.79 Å². The first-order chi connectivity index (χ1) is 8.18. The lowest BCUT2D eigenvalue weighted by molar-refractivity contribution is -0.0128. The highest BCUT2D eigenvalue weighted by atomic mass is 28.4. The fraction of sp³-hybridized carbons (Fsp3) is 0.900. The van der Waals surface area contributed by atoms with Crippen molar-refractivity contribution >= 4 is 15.0 Å². The Hall–Kier alpha value is -0.633. The van der Waals surface area contributed by atoms with Crippen LogP contribution in [0.3, 0.4) is 0 Å². The van der Waals surface area contributed by atoms with Crippen molar-refractivity contribution in [2.24, 2.45) is 0 Å². The van der Waals surface area contributed by atoms with E-state index in [1.807, 2.05) is 20.8 Å². The van der Waals surface area contributed by atoms with Gasteiger partial charge in [0.1, 0.15) is 13.2 Å². The molecule has 1 rings (SSSR count). The first-order valence-corrected chi connectivity index (χ1v) is 7.70. The molecule has 6 nitrogen and oxygen atoms in total. The fourth-order valence-electron chi connectivity index (χ4n) is 1.71. The van der Waals surface area contributed by atoms with Crippen LogP contribution in [0.15, 0.2) is 0 Å². The van der Waals surface area contributed by atoms with Crippen LogP contribution >= 0.6 is 0 Å². The van der Waals surface area contributed by atoms with Crippen LogP contribution in [0, 0.1) is 0 Å². The van der Waals surface area contributed by atoms with E-state index in [2.05, 4.69) is 0 Å². The van der Waals surface area contributed by atoms with E-state index in [-0.39, 0.29) is 18.8 Å². The van der Waals surface area contributed by atoms with Gasteiger partial charge in [0.2, 0.25) is 0 Å². The van der Waals surface area contributed by atoms with Crippen molar-refractivity contribution in [1.29, 1.82) is 0 Å². The van der Waals surface area contributed by atoms with E-state index in [0.29, 0.717) is 19.8 Å². The minimum Gasteiger partial charge on any atom is -0.434 e. The maximum absolute atomic E-state index is 10.9. The normalized spacial score (nSPS) is 17.7. The molecule has 1 saturated heterocycles. The van der Waals surface area contributed by atoms with Crippen molar-refractivity contribution < 1.29 is 27.5 Å². The molecule has 7 heteroatoms. The molecular formula is C10H20O6Si. The van der Waals surface area contributed by atoms with Crippen LogP contribution in [0.4, 0.5) is 4.79 Å². The molecule has 100 valence electrons. The molecule has 0 bridgehead atoms. The SMILES string of the molecule is CCO[Si](OCC)(OCC)C1COC(=O)OC1. The predicted octanol–water partition coefficient (Wildman–Crippen LogP) is 1.57. The zero-order valence-corrected chi connectivity index (χ0v) is 11.6. The third kappa shape index (κ3) is 3.67. The molecule has 0 N–H and O–H groups in total. The van der Waals surface area contributed by atoms with Crippen LogP contribution in [-0.2, 0) is 22.8 Å². The molecule has 0 aromatic rings. The van der Waals surface area contributed by atoms with Gasteiger partial charge in [0, 0.05) is 19.8 Å². The van der Waals surface area contributed by atoms with Crippen molar-refractivity contribution in [2.75, 3.05) is 33.0 Å². The number of carbonyl (C=O) groups is 1. The van der Waals surface area contributed by atoms with Crippen molar-refractivity contribution in [3.63, 3.8) is 0 Å². The summed E-state index contributed by atoms with van der Waals surface area (Å²) in [6, 6.07) is 0. The van der Waals surface area contributed by atoms with Crippen molar-refractivity contribution in [3.8, 4) is 0 Å². The summed E-state index contributed by atoms with van der Waals surface area (Å²) in [4.78, 5) is 10.9. The molecule has 0 atom stereocenters. The van der Waals surface area contributed by atoms with Crippen LogP contribution in [0.25, 0.3) is 0 Å². The Morgan fingerprint density at radius 3 is 1.82 bits per heavy atom. The first-order valence-electron chi connectivity index (χ1n) is 5.89. The van der Waals surface area contributed by atoms with Gasteiger partial charge in [-0.05, 0) is 20.8 Å². The van der Waals surface area contributed by atoms with Crippen molar-refractivity contribution in [3.05, 3.63) is 0 Å². The van der Waals surface area contributed by atoms with Gasteiger partial charge in [0.15, 0.2) is 0 Å². The molecule has 0 radical (unpaired) electrons. The molecule has 1 aliphatic rings. The zero-order chi connectivity index (χ0) is 12.7. The fourth-order valence-corrected chi connectivity index (χ4v) is 4.45. The second-order valence-corrected chi connectivity index (χ2v) is 6.36. The number of carbonyl (C=O) groups excluding carboxylic acids is 1. The Morgan fingerprint density at radius 1 is 1.06 bits per heavy atom. The number of rotatable bonds is 7. The Labute approximate surface area is 102 Å². The number of hydrogen-bond acceptors (Lipinski definition) is 6. The van der Waals surface area contributed by atoms with Gasteiger partial charge in [-0.3, -0.25) is 0 Å². The number of ether oxygens (including phenoxy) is 2. The molecule has 0 aromatic carbocycles. The van der Waals surface area contributed by atoms with E-state index >= 15 is 0 Å². The average molecular weight is 264 g/mol. The largest absolute Gasteiger partial charge is 0.511 e. The van der Waals surface area contributed by atoms with Crippen LogP contribution in [0.2, 0.25) is 5.54 Å². The van der Waals surface area contributed by atoms with Crippen molar-refractivity contribution in [2.45, 2.75) is 26.3 Å². The Kier molecular flexibility index (Phi) is 5.90. The summed E-state index contributed by atoms with van der Waals surface area (Å²) >= 11 is 0. The quantitative estimate of drug-likeness (QED) is 0.514. The third-order valence-corrected chi connectivity index (χ3v) is 5.75. The Morgan fingerprint density at radius 2 is 1.47 bits per heavy atom. The Balaban J connectivity index is 2.74. The minimum absolute atomic E-state index is 0.153. The molecule has 0 aromatic heterocycles. The molecule has 0 saturated carbocycles. The summed E-state index contributed by atoms with van der Waals surface area (Å²) in [6.45, 7) is 7.60. The van der Waals surface area contributed by atoms with E-state index in [4.69, 9.17) is 22.8 Å². The first kappa shape index (κ1) is 14.4. The lowest BCUT2D eigenvalue weighted by Crippen LogP contribution is -2.54. The van der Waals surface area contributed by atoms with Gasteiger partial charge in [0.25, 0.3) is 0 Å². The maximum Gasteiger partial charge on any atom is 0.511 e. The lowest BCUT2D eigenvalue weighted by atomic mass is 10.4. The monoisotopic (exact) mass is 264 g/mol. The topological polar surface area (TPSA) is 63.2 Å². The van der Waals surface area contributed by atoms with Crippen LogP contribution in [0.1, 0.15) is 20.8 Å². The summed E-state index contributed by atoms with van der Waals surface area (Å²) in [5.74, 6) is 0. The molecule has 1 heterocycles. The summed E-state index contributed by atoms with van der Waals surface area (Å²) in [5, 5.41) is 0. The zero-order valence-electron chi connectivity index (χ0n) is 10.6. The highest BCUT2D eigenvalue weighted by molar-refractivity contribution is 6.62. The van der Waals surface area contributed by atoms with Crippen LogP contribution in [0.5, 0.6) is 0 Å². The maximum atomic E-state index is 10.9. The summed E-state index contributed by atoms with van der Waals surface area (Å²) in [7, 11) is -2.83. The van der Waals surface area contributed by atoms with Crippen molar-refractivity contribution in [1.82, 2.24) is 0 Å². The molecule has 0 spiro atoms. The Bertz CT molecular complexity index is 220.